The Kier molecular flexibility index (Phi) is 4.30. The lowest BCUT2D eigenvalue weighted by molar-refractivity contribution is 1.76. The minimum Gasteiger partial charge on any atom is -0.115 e. The molecule has 0 saturated heterocycles. The Morgan fingerprint density at radius 1 is 0.220 bits per heavy atom. The van der Waals surface area contributed by atoms with Crippen LogP contribution < -0.4 is 0 Å². The summed E-state index contributed by atoms with van der Waals surface area (Å²) in [6, 6.07) is 52.1. The minimum atomic E-state index is 0.947. The summed E-state index contributed by atoms with van der Waals surface area (Å²) in [4.78, 5) is 0. The Labute approximate surface area is 285 Å². The van der Waals surface area contributed by atoms with Crippen LogP contribution in [0, 0.1) is 12.3 Å². The van der Waals surface area contributed by atoms with Gasteiger partial charge in [-0.2, -0.15) is 0 Å². The molecule has 50 heavy (non-hydrogen) atoms. The lowest BCUT2D eigenvalue weighted by Crippen LogP contribution is -1.99. The van der Waals surface area contributed by atoms with Gasteiger partial charge < -0.3 is 0 Å². The maximum Gasteiger partial charge on any atom is 0.0327 e. The summed E-state index contributed by atoms with van der Waals surface area (Å²) in [6.45, 7) is 0. The molecule has 0 saturated carbocycles. The molecule has 0 fully saturated rings. The van der Waals surface area contributed by atoms with Crippen LogP contribution in [-0.4, -0.2) is 0 Å². The van der Waals surface area contributed by atoms with Crippen molar-refractivity contribution in [2.75, 3.05) is 0 Å². The molecule has 0 aliphatic carbocycles. The largest absolute Gasteiger partial charge is 0.115 e. The van der Waals surface area contributed by atoms with Gasteiger partial charge >= 0.3 is 0 Å². The average molecular weight is 625 g/mol. The third-order valence-electron chi connectivity index (χ3n) is 12.1. The van der Waals surface area contributed by atoms with Crippen LogP contribution in [0.4, 0.5) is 0 Å². The normalized spacial score (nSPS) is 12.8. The SMILES string of the molecule is C#Cc1cccc2c1c1c3ccccc3c3c4ccccc4c4c5ccccc5c5c6ccccc6c6c7ccccc7c2c2c6c5c4c3c12. The second-order valence-electron chi connectivity index (χ2n) is 14.1. The maximum atomic E-state index is 6.41. The fourth-order valence-electron chi connectivity index (χ4n) is 10.5. The molecule has 0 nitrogen and oxygen atoms in total. The van der Waals surface area contributed by atoms with E-state index < -0.39 is 0 Å². The first kappa shape index (κ1) is 25.4. The first-order chi connectivity index (χ1) is 24.8. The van der Waals surface area contributed by atoms with Crippen molar-refractivity contribution < 1.29 is 0 Å². The molecule has 0 atom stereocenters. The van der Waals surface area contributed by atoms with Crippen LogP contribution in [0.15, 0.2) is 140 Å². The molecular formula is C50H24. The second kappa shape index (κ2) is 8.48. The third-order valence-corrected chi connectivity index (χ3v) is 12.1. The van der Waals surface area contributed by atoms with Gasteiger partial charge in [0.25, 0.3) is 0 Å². The van der Waals surface area contributed by atoms with E-state index in [0.29, 0.717) is 0 Å². The molecule has 0 heteroatoms. The number of terminal acetylenes is 1. The van der Waals surface area contributed by atoms with Crippen LogP contribution in [0.5, 0.6) is 0 Å². The standard InChI is InChI=1S/C50H24/c1-2-26-14-13-25-37-38(26)44-36-24-12-11-23-35(36)42-32-20-8-7-19-31(32)40-29-17-5-3-15-27(29)39-28-16-4-6-18-30(28)41-33-21-9-10-22-34(33)43(37)49-47(41)45(39)46(40)48(42)50(44)49/h1,3-25H. The number of rotatable bonds is 0. The summed E-state index contributed by atoms with van der Waals surface area (Å²) in [7, 11) is 0. The highest BCUT2D eigenvalue weighted by Crippen LogP contribution is 2.59. The van der Waals surface area contributed by atoms with Crippen molar-refractivity contribution in [1.29, 1.82) is 0 Å². The molecule has 0 aromatic heterocycles. The molecule has 0 amide bonds. The summed E-state index contributed by atoms with van der Waals surface area (Å²) < 4.78 is 0. The third kappa shape index (κ3) is 2.61. The van der Waals surface area contributed by atoms with E-state index in [0.717, 1.165) is 5.56 Å². The van der Waals surface area contributed by atoms with Gasteiger partial charge in [-0.25, -0.2) is 0 Å². The molecule has 0 N–H and O–H groups in total. The molecule has 0 spiro atoms. The molecule has 13 aromatic rings. The van der Waals surface area contributed by atoms with E-state index in [2.05, 4.69) is 145 Å². The molecule has 0 heterocycles. The van der Waals surface area contributed by atoms with Gasteiger partial charge in [0.15, 0.2) is 0 Å². The van der Waals surface area contributed by atoms with Crippen molar-refractivity contribution in [2.24, 2.45) is 0 Å². The van der Waals surface area contributed by atoms with E-state index >= 15 is 0 Å². The minimum absolute atomic E-state index is 0.947. The Hall–Kier alpha value is -6.68. The molecule has 224 valence electrons. The molecule has 0 radical (unpaired) electrons. The van der Waals surface area contributed by atoms with Crippen LogP contribution in [0.3, 0.4) is 0 Å². The highest BCUT2D eigenvalue weighted by Gasteiger charge is 2.30. The summed E-state index contributed by atoms with van der Waals surface area (Å²) in [5.41, 5.74) is 0.947. The summed E-state index contributed by atoms with van der Waals surface area (Å²) in [6.07, 6.45) is 6.41. The van der Waals surface area contributed by atoms with Crippen LogP contribution in [-0.2, 0) is 0 Å². The molecule has 13 aromatic carbocycles. The first-order valence-corrected chi connectivity index (χ1v) is 17.4. The van der Waals surface area contributed by atoms with E-state index in [1.807, 2.05) is 0 Å². The van der Waals surface area contributed by atoms with Gasteiger partial charge in [-0.15, -0.1) is 6.42 Å². The Morgan fingerprint density at radius 3 is 0.760 bits per heavy atom. The fourth-order valence-corrected chi connectivity index (χ4v) is 10.5. The predicted octanol–water partition coefficient (Wildman–Crippen LogP) is 13.8. The Morgan fingerprint density at radius 2 is 0.460 bits per heavy atom. The van der Waals surface area contributed by atoms with Crippen LogP contribution >= 0.6 is 0 Å². The highest BCUT2D eigenvalue weighted by molar-refractivity contribution is 6.60. The van der Waals surface area contributed by atoms with Gasteiger partial charge in [0.2, 0.25) is 0 Å². The Balaban J connectivity index is 1.62. The zero-order chi connectivity index (χ0) is 32.4. The summed E-state index contributed by atoms with van der Waals surface area (Å²) in [5.74, 6) is 3.14. The second-order valence-corrected chi connectivity index (χ2v) is 14.1. The van der Waals surface area contributed by atoms with Crippen LogP contribution in [0.2, 0.25) is 0 Å². The van der Waals surface area contributed by atoms with Crippen LogP contribution in [0.1, 0.15) is 5.56 Å². The molecular weight excluding hydrogens is 601 g/mol. The number of hydrogen-bond acceptors (Lipinski definition) is 0. The van der Waals surface area contributed by atoms with Gasteiger partial charge in [-0.1, -0.05) is 139 Å². The molecule has 0 aliphatic heterocycles. The van der Waals surface area contributed by atoms with Gasteiger partial charge in [0.05, 0.1) is 0 Å². The number of benzene rings is 13. The van der Waals surface area contributed by atoms with E-state index in [-0.39, 0.29) is 0 Å². The van der Waals surface area contributed by atoms with Crippen molar-refractivity contribution in [2.45, 2.75) is 0 Å². The zero-order valence-electron chi connectivity index (χ0n) is 26.9. The fraction of sp³-hybridized carbons (Fsp3) is 0. The number of hydrogen-bond donors (Lipinski definition) is 0. The topological polar surface area (TPSA) is 0 Å². The predicted molar refractivity (Wildman–Crippen MR) is 218 cm³/mol. The molecule has 0 unspecified atom stereocenters. The monoisotopic (exact) mass is 624 g/mol. The lowest BCUT2D eigenvalue weighted by Gasteiger charge is -2.28. The first-order valence-electron chi connectivity index (χ1n) is 17.4. The van der Waals surface area contributed by atoms with Crippen molar-refractivity contribution in [3.8, 4) is 12.3 Å². The molecule has 0 bridgehead atoms. The van der Waals surface area contributed by atoms with Gasteiger partial charge in [0, 0.05) is 10.9 Å². The van der Waals surface area contributed by atoms with Crippen molar-refractivity contribution in [1.82, 2.24) is 0 Å². The summed E-state index contributed by atoms with van der Waals surface area (Å²) >= 11 is 0. The van der Waals surface area contributed by atoms with E-state index in [4.69, 9.17) is 6.42 Å². The number of fused-ring (bicyclic) bond motifs is 18. The van der Waals surface area contributed by atoms with Gasteiger partial charge in [-0.3, -0.25) is 0 Å². The van der Waals surface area contributed by atoms with Gasteiger partial charge in [-0.05, 0) is 130 Å². The zero-order valence-corrected chi connectivity index (χ0v) is 26.9. The molecule has 13 rings (SSSR count). The lowest BCUT2D eigenvalue weighted by atomic mass is 9.74. The van der Waals surface area contributed by atoms with Crippen molar-refractivity contribution in [3.05, 3.63) is 145 Å². The van der Waals surface area contributed by atoms with Crippen molar-refractivity contribution in [3.63, 3.8) is 0 Å². The van der Waals surface area contributed by atoms with Crippen LogP contribution in [0.25, 0.3) is 129 Å². The highest BCUT2D eigenvalue weighted by atomic mass is 14.3. The van der Waals surface area contributed by atoms with E-state index in [1.165, 1.54) is 129 Å². The van der Waals surface area contributed by atoms with Crippen molar-refractivity contribution >= 4 is 129 Å². The van der Waals surface area contributed by atoms with Gasteiger partial charge in [0.1, 0.15) is 0 Å². The molecule has 0 aliphatic rings. The van der Waals surface area contributed by atoms with E-state index in [9.17, 15) is 0 Å². The average Bonchev–Trinajstić information content (AvgIpc) is 3.19. The summed E-state index contributed by atoms with van der Waals surface area (Å²) in [5, 5.41) is 31.6. The quantitative estimate of drug-likeness (QED) is 0.0895. The smallest absolute Gasteiger partial charge is 0.0327 e. The Bertz CT molecular complexity index is 3590. The van der Waals surface area contributed by atoms with E-state index in [1.54, 1.807) is 0 Å². The maximum absolute atomic E-state index is 6.41.